The third kappa shape index (κ3) is 4.70. The van der Waals surface area contributed by atoms with Crippen molar-refractivity contribution in [2.75, 3.05) is 24.6 Å². The summed E-state index contributed by atoms with van der Waals surface area (Å²) in [6, 6.07) is 13.0. The van der Waals surface area contributed by atoms with Crippen LogP contribution in [0.4, 0.5) is 5.69 Å². The van der Waals surface area contributed by atoms with Crippen LogP contribution in [0.1, 0.15) is 6.92 Å². The van der Waals surface area contributed by atoms with Crippen molar-refractivity contribution in [2.45, 2.75) is 6.92 Å². The van der Waals surface area contributed by atoms with Crippen LogP contribution in [0.5, 0.6) is 5.75 Å². The second-order valence-electron chi connectivity index (χ2n) is 4.48. The number of nitrogens with zero attached hydrogens (tertiary/aromatic N) is 1. The second kappa shape index (κ2) is 7.79. The van der Waals surface area contributed by atoms with Crippen LogP contribution in [0.2, 0.25) is 15.1 Å². The smallest absolute Gasteiger partial charge is 0.139 e. The van der Waals surface area contributed by atoms with Crippen molar-refractivity contribution in [3.05, 3.63) is 57.5 Å². The lowest BCUT2D eigenvalue weighted by molar-refractivity contribution is 0.324. The second-order valence-corrected chi connectivity index (χ2v) is 5.76. The molecule has 2 aromatic carbocycles. The molecule has 112 valence electrons. The number of halogens is 3. The summed E-state index contributed by atoms with van der Waals surface area (Å²) in [5.41, 5.74) is 1.07. The highest BCUT2D eigenvalue weighted by Gasteiger charge is 2.07. The molecule has 0 aliphatic carbocycles. The van der Waals surface area contributed by atoms with E-state index >= 15 is 0 Å². The molecule has 0 amide bonds. The lowest BCUT2D eigenvalue weighted by atomic mass is 10.3. The molecule has 0 N–H and O–H groups in total. The van der Waals surface area contributed by atoms with Crippen molar-refractivity contribution in [2.24, 2.45) is 0 Å². The Morgan fingerprint density at radius 1 is 1.00 bits per heavy atom. The van der Waals surface area contributed by atoms with E-state index in [1.54, 1.807) is 18.2 Å². The van der Waals surface area contributed by atoms with Gasteiger partial charge in [0, 0.05) is 28.3 Å². The normalized spacial score (nSPS) is 10.5. The molecule has 0 saturated heterocycles. The fourth-order valence-electron chi connectivity index (χ4n) is 2.00. The Labute approximate surface area is 140 Å². The number of hydrogen-bond acceptors (Lipinski definition) is 2. The van der Waals surface area contributed by atoms with Gasteiger partial charge in [0.2, 0.25) is 0 Å². The van der Waals surface area contributed by atoms with E-state index in [9.17, 15) is 0 Å². The van der Waals surface area contributed by atoms with Crippen LogP contribution in [-0.4, -0.2) is 19.7 Å². The molecule has 0 saturated carbocycles. The molecule has 0 fully saturated rings. The van der Waals surface area contributed by atoms with Crippen LogP contribution in [0, 0.1) is 0 Å². The molecule has 0 atom stereocenters. The molecule has 0 aliphatic heterocycles. The minimum atomic E-state index is 0.514. The molecule has 2 rings (SSSR count). The van der Waals surface area contributed by atoms with E-state index in [1.807, 2.05) is 24.3 Å². The number of rotatable bonds is 6. The van der Waals surface area contributed by atoms with Crippen molar-refractivity contribution in [3.63, 3.8) is 0 Å². The predicted molar refractivity (Wildman–Crippen MR) is 91.3 cm³/mol. The van der Waals surface area contributed by atoms with E-state index in [2.05, 4.69) is 11.8 Å². The van der Waals surface area contributed by atoms with Gasteiger partial charge >= 0.3 is 0 Å². The highest BCUT2D eigenvalue weighted by atomic mass is 35.5. The van der Waals surface area contributed by atoms with Gasteiger partial charge in [-0.15, -0.1) is 0 Å². The van der Waals surface area contributed by atoms with E-state index in [-0.39, 0.29) is 0 Å². The molecular formula is C16H16Cl3NO. The third-order valence-electron chi connectivity index (χ3n) is 3.07. The zero-order valence-electron chi connectivity index (χ0n) is 11.7. The first-order chi connectivity index (χ1) is 10.1. The topological polar surface area (TPSA) is 12.5 Å². The van der Waals surface area contributed by atoms with Crippen LogP contribution >= 0.6 is 34.8 Å². The highest BCUT2D eigenvalue weighted by molar-refractivity contribution is 6.34. The van der Waals surface area contributed by atoms with Crippen LogP contribution in [0.15, 0.2) is 42.5 Å². The van der Waals surface area contributed by atoms with E-state index in [0.717, 1.165) is 23.8 Å². The van der Waals surface area contributed by atoms with Crippen LogP contribution in [-0.2, 0) is 0 Å². The molecule has 0 aromatic heterocycles. The molecule has 0 heterocycles. The van der Waals surface area contributed by atoms with Crippen molar-refractivity contribution in [3.8, 4) is 5.75 Å². The third-order valence-corrected chi connectivity index (χ3v) is 3.85. The molecule has 0 bridgehead atoms. The van der Waals surface area contributed by atoms with Gasteiger partial charge in [-0.25, -0.2) is 0 Å². The average molecular weight is 345 g/mol. The van der Waals surface area contributed by atoms with Crippen molar-refractivity contribution >= 4 is 40.5 Å². The zero-order chi connectivity index (χ0) is 15.2. The van der Waals surface area contributed by atoms with Gasteiger partial charge in [0.1, 0.15) is 12.4 Å². The van der Waals surface area contributed by atoms with Crippen LogP contribution in [0.25, 0.3) is 0 Å². The van der Waals surface area contributed by atoms with Gasteiger partial charge in [-0.3, -0.25) is 0 Å². The Hall–Kier alpha value is -1.09. The Kier molecular flexibility index (Phi) is 6.04. The lowest BCUT2D eigenvalue weighted by Crippen LogP contribution is -2.28. The van der Waals surface area contributed by atoms with E-state index in [4.69, 9.17) is 39.5 Å². The Balaban J connectivity index is 1.96. The summed E-state index contributed by atoms with van der Waals surface area (Å²) in [7, 11) is 0. The SMILES string of the molecule is CCN(CCOc1cc(Cl)ccc1Cl)c1cccc(Cl)c1. The maximum absolute atomic E-state index is 6.07. The first-order valence-electron chi connectivity index (χ1n) is 6.68. The number of ether oxygens (including phenoxy) is 1. The summed E-state index contributed by atoms with van der Waals surface area (Å²) in [5, 5.41) is 1.89. The molecule has 2 aromatic rings. The summed E-state index contributed by atoms with van der Waals surface area (Å²) in [6.45, 7) is 4.21. The number of benzene rings is 2. The van der Waals surface area contributed by atoms with E-state index in [0.29, 0.717) is 22.4 Å². The Morgan fingerprint density at radius 3 is 2.48 bits per heavy atom. The van der Waals surface area contributed by atoms with Crippen LogP contribution < -0.4 is 9.64 Å². The average Bonchev–Trinajstić information content (AvgIpc) is 2.47. The van der Waals surface area contributed by atoms with E-state index < -0.39 is 0 Å². The monoisotopic (exact) mass is 343 g/mol. The predicted octanol–water partition coefficient (Wildman–Crippen LogP) is 5.55. The first kappa shape index (κ1) is 16.3. The number of likely N-dealkylation sites (N-methyl/N-ethyl adjacent to an activating group) is 1. The zero-order valence-corrected chi connectivity index (χ0v) is 13.9. The summed E-state index contributed by atoms with van der Waals surface area (Å²) in [5.74, 6) is 0.603. The minimum Gasteiger partial charge on any atom is -0.490 e. The molecule has 0 spiro atoms. The molecule has 2 nitrogen and oxygen atoms in total. The van der Waals surface area contributed by atoms with Crippen LogP contribution in [0.3, 0.4) is 0 Å². The maximum atomic E-state index is 6.07. The van der Waals surface area contributed by atoms with Gasteiger partial charge in [0.25, 0.3) is 0 Å². The summed E-state index contributed by atoms with van der Waals surface area (Å²) >= 11 is 18.0. The molecule has 5 heteroatoms. The molecular weight excluding hydrogens is 329 g/mol. The first-order valence-corrected chi connectivity index (χ1v) is 7.82. The Morgan fingerprint density at radius 2 is 1.76 bits per heavy atom. The molecule has 21 heavy (non-hydrogen) atoms. The minimum absolute atomic E-state index is 0.514. The van der Waals surface area contributed by atoms with Crippen molar-refractivity contribution in [1.82, 2.24) is 0 Å². The molecule has 0 radical (unpaired) electrons. The summed E-state index contributed by atoms with van der Waals surface area (Å²) in [4.78, 5) is 2.18. The van der Waals surface area contributed by atoms with Crippen molar-refractivity contribution in [1.29, 1.82) is 0 Å². The largest absolute Gasteiger partial charge is 0.490 e. The van der Waals surface area contributed by atoms with Crippen molar-refractivity contribution < 1.29 is 4.74 Å². The highest BCUT2D eigenvalue weighted by Crippen LogP contribution is 2.27. The van der Waals surface area contributed by atoms with Gasteiger partial charge in [-0.1, -0.05) is 40.9 Å². The lowest BCUT2D eigenvalue weighted by Gasteiger charge is -2.23. The van der Waals surface area contributed by atoms with Gasteiger partial charge in [-0.2, -0.15) is 0 Å². The maximum Gasteiger partial charge on any atom is 0.139 e. The van der Waals surface area contributed by atoms with Gasteiger partial charge in [0.15, 0.2) is 0 Å². The fraction of sp³-hybridized carbons (Fsp3) is 0.250. The molecule has 0 aliphatic rings. The quantitative estimate of drug-likeness (QED) is 0.681. The van der Waals surface area contributed by atoms with Gasteiger partial charge < -0.3 is 9.64 Å². The number of anilines is 1. The Bertz CT molecular complexity index is 604. The molecule has 0 unspecified atom stereocenters. The number of hydrogen-bond donors (Lipinski definition) is 0. The fourth-order valence-corrected chi connectivity index (χ4v) is 2.51. The van der Waals surface area contributed by atoms with Gasteiger partial charge in [-0.05, 0) is 37.3 Å². The summed E-state index contributed by atoms with van der Waals surface area (Å²) < 4.78 is 5.71. The van der Waals surface area contributed by atoms with E-state index in [1.165, 1.54) is 0 Å². The van der Waals surface area contributed by atoms with Gasteiger partial charge in [0.05, 0.1) is 11.6 Å². The standard InChI is InChI=1S/C16H16Cl3NO/c1-2-20(14-5-3-4-12(17)10-14)8-9-21-16-11-13(18)6-7-15(16)19/h3-7,10-11H,2,8-9H2,1H3. The summed E-state index contributed by atoms with van der Waals surface area (Å²) in [6.07, 6.45) is 0.